The molecule has 0 amide bonds. The van der Waals surface area contributed by atoms with Crippen LogP contribution in [0.4, 0.5) is 4.39 Å². The second-order valence-corrected chi connectivity index (χ2v) is 5.82. The van der Waals surface area contributed by atoms with Crippen molar-refractivity contribution in [1.29, 1.82) is 0 Å². The van der Waals surface area contributed by atoms with Gasteiger partial charge in [0.2, 0.25) is 0 Å². The molecule has 1 atom stereocenters. The fourth-order valence-corrected chi connectivity index (χ4v) is 2.76. The molecule has 0 N–H and O–H groups in total. The van der Waals surface area contributed by atoms with E-state index >= 15 is 0 Å². The third kappa shape index (κ3) is 4.44. The maximum atomic E-state index is 13.2. The summed E-state index contributed by atoms with van der Waals surface area (Å²) in [4.78, 5) is 2.23. The SMILES string of the molecule is CSCC(C)N(C)Cc1cc(F)cc(Br)c1. The summed E-state index contributed by atoms with van der Waals surface area (Å²) in [6.45, 7) is 2.96. The van der Waals surface area contributed by atoms with Crippen molar-refractivity contribution in [3.8, 4) is 0 Å². The third-order valence-corrected chi connectivity index (χ3v) is 3.79. The minimum absolute atomic E-state index is 0.185. The second kappa shape index (κ2) is 6.62. The van der Waals surface area contributed by atoms with Crippen molar-refractivity contribution in [3.63, 3.8) is 0 Å². The monoisotopic (exact) mass is 305 g/mol. The Labute approximate surface area is 110 Å². The molecule has 1 nitrogen and oxygen atoms in total. The molecular formula is C12H17BrFNS. The van der Waals surface area contributed by atoms with Crippen LogP contribution < -0.4 is 0 Å². The van der Waals surface area contributed by atoms with E-state index in [-0.39, 0.29) is 5.82 Å². The molecule has 16 heavy (non-hydrogen) atoms. The molecule has 0 saturated carbocycles. The van der Waals surface area contributed by atoms with Crippen LogP contribution in [0.5, 0.6) is 0 Å². The van der Waals surface area contributed by atoms with Gasteiger partial charge < -0.3 is 0 Å². The molecule has 0 heterocycles. The Bertz CT molecular complexity index is 326. The van der Waals surface area contributed by atoms with Gasteiger partial charge in [-0.2, -0.15) is 11.8 Å². The highest BCUT2D eigenvalue weighted by Gasteiger charge is 2.09. The van der Waals surface area contributed by atoms with Crippen LogP contribution in [-0.2, 0) is 6.54 Å². The Morgan fingerprint density at radius 3 is 2.69 bits per heavy atom. The van der Waals surface area contributed by atoms with Crippen LogP contribution in [0.15, 0.2) is 22.7 Å². The van der Waals surface area contributed by atoms with Gasteiger partial charge in [-0.15, -0.1) is 0 Å². The summed E-state index contributed by atoms with van der Waals surface area (Å²) >= 11 is 5.14. The molecular weight excluding hydrogens is 289 g/mol. The predicted octanol–water partition coefficient (Wildman–Crippen LogP) is 3.77. The highest BCUT2D eigenvalue weighted by atomic mass is 79.9. The Morgan fingerprint density at radius 1 is 1.44 bits per heavy atom. The zero-order chi connectivity index (χ0) is 12.1. The Morgan fingerprint density at radius 2 is 2.12 bits per heavy atom. The van der Waals surface area contributed by atoms with Crippen molar-refractivity contribution in [2.45, 2.75) is 19.5 Å². The molecule has 0 aromatic heterocycles. The molecule has 1 rings (SSSR count). The van der Waals surface area contributed by atoms with Gasteiger partial charge in [0.25, 0.3) is 0 Å². The zero-order valence-corrected chi connectivity index (χ0v) is 12.2. The highest BCUT2D eigenvalue weighted by Crippen LogP contribution is 2.17. The molecule has 0 spiro atoms. The fourth-order valence-electron chi connectivity index (χ4n) is 1.51. The highest BCUT2D eigenvalue weighted by molar-refractivity contribution is 9.10. The number of hydrogen-bond donors (Lipinski definition) is 0. The van der Waals surface area contributed by atoms with Crippen LogP contribution in [0.3, 0.4) is 0 Å². The molecule has 0 saturated heterocycles. The summed E-state index contributed by atoms with van der Waals surface area (Å²) < 4.78 is 14.0. The standard InChI is InChI=1S/C12H17BrFNS/c1-9(8-16-3)15(2)7-10-4-11(13)6-12(14)5-10/h4-6,9H,7-8H2,1-3H3. The summed E-state index contributed by atoms with van der Waals surface area (Å²) in [5.74, 6) is 0.905. The second-order valence-electron chi connectivity index (χ2n) is 4.00. The van der Waals surface area contributed by atoms with Gasteiger partial charge in [0, 0.05) is 22.8 Å². The lowest BCUT2D eigenvalue weighted by Crippen LogP contribution is -2.30. The molecule has 0 bridgehead atoms. The Balaban J connectivity index is 2.65. The van der Waals surface area contributed by atoms with E-state index in [4.69, 9.17) is 0 Å². The molecule has 0 aliphatic heterocycles. The average Bonchev–Trinajstić information content (AvgIpc) is 2.16. The fraction of sp³-hybridized carbons (Fsp3) is 0.500. The molecule has 1 aromatic rings. The first kappa shape index (κ1) is 14.0. The van der Waals surface area contributed by atoms with E-state index in [2.05, 4.69) is 41.1 Å². The first-order chi connectivity index (χ1) is 7.52. The first-order valence-corrected chi connectivity index (χ1v) is 7.35. The number of rotatable bonds is 5. The van der Waals surface area contributed by atoms with Crippen LogP contribution in [0.2, 0.25) is 0 Å². The maximum absolute atomic E-state index is 13.2. The van der Waals surface area contributed by atoms with Crippen molar-refractivity contribution in [2.75, 3.05) is 19.1 Å². The van der Waals surface area contributed by atoms with Gasteiger partial charge in [-0.25, -0.2) is 4.39 Å². The number of benzene rings is 1. The van der Waals surface area contributed by atoms with E-state index in [1.807, 2.05) is 17.8 Å². The van der Waals surface area contributed by atoms with Gasteiger partial charge in [0.1, 0.15) is 5.82 Å². The number of nitrogens with zero attached hydrogens (tertiary/aromatic N) is 1. The third-order valence-electron chi connectivity index (χ3n) is 2.51. The van der Waals surface area contributed by atoms with E-state index in [0.29, 0.717) is 6.04 Å². The smallest absolute Gasteiger partial charge is 0.124 e. The van der Waals surface area contributed by atoms with Crippen LogP contribution >= 0.6 is 27.7 Å². The lowest BCUT2D eigenvalue weighted by molar-refractivity contribution is 0.269. The van der Waals surface area contributed by atoms with Gasteiger partial charge in [-0.05, 0) is 44.0 Å². The Hall–Kier alpha value is -0.0600. The normalized spacial score (nSPS) is 13.1. The van der Waals surface area contributed by atoms with Gasteiger partial charge in [-0.1, -0.05) is 15.9 Å². The zero-order valence-electron chi connectivity index (χ0n) is 9.84. The van der Waals surface area contributed by atoms with Crippen molar-refractivity contribution < 1.29 is 4.39 Å². The summed E-state index contributed by atoms with van der Waals surface area (Å²) in [5, 5.41) is 0. The lowest BCUT2D eigenvalue weighted by atomic mass is 10.2. The number of halogens is 2. The summed E-state index contributed by atoms with van der Waals surface area (Å²) in [6.07, 6.45) is 2.10. The molecule has 0 aliphatic rings. The molecule has 0 aliphatic carbocycles. The molecule has 4 heteroatoms. The largest absolute Gasteiger partial charge is 0.299 e. The van der Waals surface area contributed by atoms with E-state index in [1.165, 1.54) is 6.07 Å². The van der Waals surface area contributed by atoms with Crippen LogP contribution in [0.1, 0.15) is 12.5 Å². The van der Waals surface area contributed by atoms with E-state index in [9.17, 15) is 4.39 Å². The van der Waals surface area contributed by atoms with E-state index in [0.717, 1.165) is 22.3 Å². The first-order valence-electron chi connectivity index (χ1n) is 5.17. The van der Waals surface area contributed by atoms with Crippen molar-refractivity contribution in [2.24, 2.45) is 0 Å². The molecule has 90 valence electrons. The van der Waals surface area contributed by atoms with Crippen molar-refractivity contribution in [1.82, 2.24) is 4.90 Å². The number of thioether (sulfide) groups is 1. The summed E-state index contributed by atoms with van der Waals surface area (Å²) in [7, 11) is 2.07. The topological polar surface area (TPSA) is 3.24 Å². The minimum atomic E-state index is -0.185. The quantitative estimate of drug-likeness (QED) is 0.814. The molecule has 1 unspecified atom stereocenters. The van der Waals surface area contributed by atoms with Crippen LogP contribution in [0.25, 0.3) is 0 Å². The Kier molecular flexibility index (Phi) is 5.79. The van der Waals surface area contributed by atoms with Crippen LogP contribution in [-0.4, -0.2) is 30.0 Å². The lowest BCUT2D eigenvalue weighted by Gasteiger charge is -2.24. The van der Waals surface area contributed by atoms with E-state index in [1.54, 1.807) is 6.07 Å². The summed E-state index contributed by atoms with van der Waals surface area (Å²) in [6, 6.07) is 5.53. The molecule has 0 fully saturated rings. The predicted molar refractivity (Wildman–Crippen MR) is 73.4 cm³/mol. The van der Waals surface area contributed by atoms with Crippen LogP contribution in [0, 0.1) is 5.82 Å². The number of hydrogen-bond acceptors (Lipinski definition) is 2. The van der Waals surface area contributed by atoms with Gasteiger partial charge in [0.15, 0.2) is 0 Å². The minimum Gasteiger partial charge on any atom is -0.299 e. The van der Waals surface area contributed by atoms with Gasteiger partial charge >= 0.3 is 0 Å². The van der Waals surface area contributed by atoms with Crippen molar-refractivity contribution >= 4 is 27.7 Å². The van der Waals surface area contributed by atoms with Crippen molar-refractivity contribution in [3.05, 3.63) is 34.1 Å². The van der Waals surface area contributed by atoms with Gasteiger partial charge in [-0.3, -0.25) is 4.90 Å². The average molecular weight is 306 g/mol. The maximum Gasteiger partial charge on any atom is 0.124 e. The molecule has 1 aromatic carbocycles. The molecule has 0 radical (unpaired) electrons. The van der Waals surface area contributed by atoms with Gasteiger partial charge in [0.05, 0.1) is 0 Å². The summed E-state index contributed by atoms with van der Waals surface area (Å²) in [5.41, 5.74) is 1.00. The van der Waals surface area contributed by atoms with E-state index < -0.39 is 0 Å².